The largest absolute Gasteiger partial charge is 0.348 e. The molecule has 1 aromatic heterocycles. The molecule has 0 unspecified atom stereocenters. The van der Waals surface area contributed by atoms with E-state index in [1.165, 1.54) is 17.1 Å². The standard InChI is InChI=1S/C16H19ClN4OS.ClH/c17-12-3-1-2-11(8-12)16(10-18)6-4-13(5-7-16)19-15(22)14-9-23-21-20-14;/h1-3,8-9,13H,4-7,10,18H2,(H,19,22);1H/t13-,16+;. The van der Waals surface area contributed by atoms with Crippen molar-refractivity contribution in [3.05, 3.63) is 45.9 Å². The van der Waals surface area contributed by atoms with Crippen LogP contribution in [-0.2, 0) is 5.41 Å². The van der Waals surface area contributed by atoms with E-state index in [0.29, 0.717) is 12.2 Å². The predicted molar refractivity (Wildman–Crippen MR) is 99.1 cm³/mol. The normalized spacial score (nSPS) is 23.3. The Labute approximate surface area is 156 Å². The summed E-state index contributed by atoms with van der Waals surface area (Å²) in [5, 5.41) is 9.25. The number of carbonyl (C=O) groups excluding carboxylic acids is 1. The van der Waals surface area contributed by atoms with E-state index < -0.39 is 0 Å². The maximum Gasteiger partial charge on any atom is 0.272 e. The molecular formula is C16H20Cl2N4OS. The van der Waals surface area contributed by atoms with E-state index in [4.69, 9.17) is 17.3 Å². The Hall–Kier alpha value is -1.21. The van der Waals surface area contributed by atoms with Crippen molar-refractivity contribution in [2.24, 2.45) is 5.73 Å². The predicted octanol–water partition coefficient (Wildman–Crippen LogP) is 3.18. The number of rotatable bonds is 4. The zero-order valence-electron chi connectivity index (χ0n) is 13.1. The average Bonchev–Trinajstić information content (AvgIpc) is 3.10. The summed E-state index contributed by atoms with van der Waals surface area (Å²) < 4.78 is 3.72. The van der Waals surface area contributed by atoms with Crippen molar-refractivity contribution in [1.29, 1.82) is 0 Å². The Bertz CT molecular complexity index is 672. The molecule has 0 radical (unpaired) electrons. The van der Waals surface area contributed by atoms with Gasteiger partial charge in [0.1, 0.15) is 0 Å². The molecule has 130 valence electrons. The third-order valence-electron chi connectivity index (χ3n) is 4.70. The molecule has 1 aliphatic carbocycles. The molecule has 1 amide bonds. The highest BCUT2D eigenvalue weighted by atomic mass is 35.5. The lowest BCUT2D eigenvalue weighted by Gasteiger charge is -2.40. The molecule has 1 fully saturated rings. The number of hydrogen-bond acceptors (Lipinski definition) is 5. The first-order valence-corrected chi connectivity index (χ1v) is 8.88. The minimum absolute atomic E-state index is 0. The fourth-order valence-electron chi connectivity index (χ4n) is 3.27. The number of aromatic nitrogens is 2. The van der Waals surface area contributed by atoms with Crippen molar-refractivity contribution < 1.29 is 4.79 Å². The molecule has 24 heavy (non-hydrogen) atoms. The van der Waals surface area contributed by atoms with Gasteiger partial charge >= 0.3 is 0 Å². The second-order valence-corrected chi connectivity index (χ2v) is 7.08. The van der Waals surface area contributed by atoms with E-state index in [9.17, 15) is 4.79 Å². The van der Waals surface area contributed by atoms with Gasteiger partial charge in [0.05, 0.1) is 0 Å². The summed E-state index contributed by atoms with van der Waals surface area (Å²) in [6, 6.07) is 8.11. The smallest absolute Gasteiger partial charge is 0.272 e. The van der Waals surface area contributed by atoms with Crippen molar-refractivity contribution in [3.63, 3.8) is 0 Å². The van der Waals surface area contributed by atoms with Crippen LogP contribution in [0.15, 0.2) is 29.6 Å². The van der Waals surface area contributed by atoms with E-state index in [1.54, 1.807) is 5.38 Å². The third kappa shape index (κ3) is 4.06. The molecule has 0 spiro atoms. The van der Waals surface area contributed by atoms with E-state index in [0.717, 1.165) is 30.7 Å². The molecule has 3 N–H and O–H groups in total. The van der Waals surface area contributed by atoms with E-state index in [1.807, 2.05) is 18.2 Å². The molecule has 0 bridgehead atoms. The van der Waals surface area contributed by atoms with Crippen LogP contribution in [0, 0.1) is 0 Å². The van der Waals surface area contributed by atoms with Crippen LogP contribution in [0.25, 0.3) is 0 Å². The van der Waals surface area contributed by atoms with Gasteiger partial charge in [0.2, 0.25) is 0 Å². The van der Waals surface area contributed by atoms with Gasteiger partial charge in [-0.05, 0) is 54.9 Å². The lowest BCUT2D eigenvalue weighted by atomic mass is 9.68. The van der Waals surface area contributed by atoms with Gasteiger partial charge in [0.15, 0.2) is 5.69 Å². The summed E-state index contributed by atoms with van der Waals surface area (Å²) in [5.74, 6) is -0.147. The van der Waals surface area contributed by atoms with Crippen LogP contribution >= 0.6 is 35.5 Å². The van der Waals surface area contributed by atoms with Crippen LogP contribution < -0.4 is 11.1 Å². The first-order valence-electron chi connectivity index (χ1n) is 7.67. The topological polar surface area (TPSA) is 80.9 Å². The van der Waals surface area contributed by atoms with Gasteiger partial charge in [0.25, 0.3) is 5.91 Å². The highest BCUT2D eigenvalue weighted by Crippen LogP contribution is 2.39. The molecule has 1 aromatic carbocycles. The molecule has 1 aliphatic rings. The van der Waals surface area contributed by atoms with E-state index in [2.05, 4.69) is 21.0 Å². The Morgan fingerprint density at radius 2 is 2.17 bits per heavy atom. The van der Waals surface area contributed by atoms with Gasteiger partial charge in [-0.3, -0.25) is 4.79 Å². The number of benzene rings is 1. The summed E-state index contributed by atoms with van der Waals surface area (Å²) in [7, 11) is 0. The summed E-state index contributed by atoms with van der Waals surface area (Å²) in [6.45, 7) is 0.587. The highest BCUT2D eigenvalue weighted by molar-refractivity contribution is 7.03. The molecule has 3 rings (SSSR count). The summed E-state index contributed by atoms with van der Waals surface area (Å²) in [6.07, 6.45) is 3.66. The highest BCUT2D eigenvalue weighted by Gasteiger charge is 2.36. The van der Waals surface area contributed by atoms with Crippen LogP contribution in [-0.4, -0.2) is 28.1 Å². The lowest BCUT2D eigenvalue weighted by molar-refractivity contribution is 0.0913. The fraction of sp³-hybridized carbons (Fsp3) is 0.438. The average molecular weight is 387 g/mol. The molecule has 1 heterocycles. The monoisotopic (exact) mass is 386 g/mol. The second-order valence-electron chi connectivity index (χ2n) is 6.03. The molecule has 8 heteroatoms. The Kier molecular flexibility index (Phi) is 6.57. The molecule has 0 aliphatic heterocycles. The maximum absolute atomic E-state index is 12.1. The number of carbonyl (C=O) groups is 1. The molecule has 0 atom stereocenters. The molecule has 0 saturated heterocycles. The zero-order chi connectivity index (χ0) is 16.3. The maximum atomic E-state index is 12.1. The quantitative estimate of drug-likeness (QED) is 0.845. The van der Waals surface area contributed by atoms with Gasteiger partial charge in [-0.25, -0.2) is 0 Å². The Morgan fingerprint density at radius 3 is 2.75 bits per heavy atom. The first-order chi connectivity index (χ1) is 11.1. The molecule has 2 aromatic rings. The van der Waals surface area contributed by atoms with Gasteiger partial charge < -0.3 is 11.1 Å². The minimum Gasteiger partial charge on any atom is -0.348 e. The number of nitrogens with two attached hydrogens (primary N) is 1. The molecule has 5 nitrogen and oxygen atoms in total. The number of amides is 1. The van der Waals surface area contributed by atoms with Crippen molar-refractivity contribution in [2.75, 3.05) is 6.54 Å². The van der Waals surface area contributed by atoms with Crippen molar-refractivity contribution in [3.8, 4) is 0 Å². The third-order valence-corrected chi connectivity index (χ3v) is 5.44. The Balaban J connectivity index is 0.00000208. The SMILES string of the molecule is Cl.NC[C@]1(c2cccc(Cl)c2)CC[C@@H](NC(=O)c2csnn2)CC1. The van der Waals surface area contributed by atoms with Gasteiger partial charge in [-0.1, -0.05) is 28.2 Å². The van der Waals surface area contributed by atoms with Gasteiger partial charge in [-0.15, -0.1) is 17.5 Å². The van der Waals surface area contributed by atoms with Crippen LogP contribution in [0.5, 0.6) is 0 Å². The van der Waals surface area contributed by atoms with Crippen LogP contribution in [0.2, 0.25) is 5.02 Å². The summed E-state index contributed by atoms with van der Waals surface area (Å²) in [4.78, 5) is 12.1. The molecular weight excluding hydrogens is 367 g/mol. The van der Waals surface area contributed by atoms with Crippen molar-refractivity contribution >= 4 is 41.4 Å². The number of halogens is 2. The first kappa shape index (κ1) is 19.1. The van der Waals surface area contributed by atoms with Gasteiger partial charge in [0, 0.05) is 28.4 Å². The van der Waals surface area contributed by atoms with Crippen LogP contribution in [0.1, 0.15) is 41.7 Å². The van der Waals surface area contributed by atoms with Crippen molar-refractivity contribution in [1.82, 2.24) is 14.9 Å². The number of nitrogens with zero attached hydrogens (tertiary/aromatic N) is 2. The summed E-state index contributed by atoms with van der Waals surface area (Å²) in [5.41, 5.74) is 7.63. The minimum atomic E-state index is -0.147. The fourth-order valence-corrected chi connectivity index (χ4v) is 3.89. The molecule has 1 saturated carbocycles. The van der Waals surface area contributed by atoms with Crippen LogP contribution in [0.4, 0.5) is 0 Å². The number of hydrogen-bond donors (Lipinski definition) is 2. The Morgan fingerprint density at radius 1 is 1.42 bits per heavy atom. The van der Waals surface area contributed by atoms with E-state index >= 15 is 0 Å². The second kappa shape index (κ2) is 8.25. The summed E-state index contributed by atoms with van der Waals surface area (Å²) >= 11 is 7.31. The lowest BCUT2D eigenvalue weighted by Crippen LogP contribution is -2.45. The zero-order valence-corrected chi connectivity index (χ0v) is 15.5. The van der Waals surface area contributed by atoms with Crippen LogP contribution in [0.3, 0.4) is 0 Å². The van der Waals surface area contributed by atoms with Gasteiger partial charge in [-0.2, -0.15) is 0 Å². The number of nitrogens with one attached hydrogen (secondary N) is 1. The van der Waals surface area contributed by atoms with Crippen molar-refractivity contribution in [2.45, 2.75) is 37.1 Å². The van der Waals surface area contributed by atoms with E-state index in [-0.39, 0.29) is 29.8 Å².